The van der Waals surface area contributed by atoms with Crippen molar-refractivity contribution in [3.05, 3.63) is 0 Å². The molecule has 0 heterocycles. The molecule has 1 aliphatic carbocycles. The first-order valence-electron chi connectivity index (χ1n) is 6.48. The fraction of sp³-hybridized carbons (Fsp3) is 0.917. The topological polar surface area (TPSA) is 144 Å². The number of carbonyl (C=O) groups excluding carboxylic acids is 1. The van der Waals surface area contributed by atoms with E-state index in [9.17, 15) is 4.79 Å². The highest BCUT2D eigenvalue weighted by Gasteiger charge is 2.29. The molecule has 0 bridgehead atoms. The minimum absolute atomic E-state index is 0.0258. The molecule has 0 radical (unpaired) electrons. The summed E-state index contributed by atoms with van der Waals surface area (Å²) in [4.78, 5) is 9.90. The molecule has 19 heavy (non-hydrogen) atoms. The third kappa shape index (κ3) is 7.56. The number of aliphatic hydroxyl groups is 5. The molecule has 1 aliphatic rings. The molecule has 0 aliphatic heterocycles. The van der Waals surface area contributed by atoms with Gasteiger partial charge in [-0.3, -0.25) is 0 Å². The van der Waals surface area contributed by atoms with Crippen LogP contribution >= 0.6 is 0 Å². The molecule has 7 N–H and O–H groups in total. The van der Waals surface area contributed by atoms with Crippen LogP contribution in [0, 0.1) is 0 Å². The second-order valence-electron chi connectivity index (χ2n) is 4.76. The summed E-state index contributed by atoms with van der Waals surface area (Å²) < 4.78 is 0. The molecule has 0 spiro atoms. The van der Waals surface area contributed by atoms with Gasteiger partial charge >= 0.3 is 0 Å². The summed E-state index contributed by atoms with van der Waals surface area (Å²) in [6, 6.07) is 0.536. The molecule has 4 atom stereocenters. The number of aldehydes is 1. The van der Waals surface area contributed by atoms with Crippen LogP contribution in [-0.4, -0.2) is 68.9 Å². The van der Waals surface area contributed by atoms with Crippen LogP contribution in [0.15, 0.2) is 0 Å². The average Bonchev–Trinajstić information content (AvgIpc) is 2.45. The molecular formula is C12H25NO6. The Hall–Kier alpha value is -0.570. The van der Waals surface area contributed by atoms with Crippen molar-refractivity contribution in [2.45, 2.75) is 62.6 Å². The molecule has 7 nitrogen and oxygen atoms in total. The van der Waals surface area contributed by atoms with Gasteiger partial charge in [-0.05, 0) is 12.8 Å². The van der Waals surface area contributed by atoms with E-state index in [1.165, 1.54) is 32.1 Å². The molecular weight excluding hydrogens is 254 g/mol. The van der Waals surface area contributed by atoms with E-state index < -0.39 is 31.0 Å². The smallest absolute Gasteiger partial charge is 0.151 e. The number of aliphatic hydroxyl groups excluding tert-OH is 5. The van der Waals surface area contributed by atoms with Gasteiger partial charge in [-0.25, -0.2) is 0 Å². The van der Waals surface area contributed by atoms with Gasteiger partial charge in [0.25, 0.3) is 0 Å². The maximum absolute atomic E-state index is 9.90. The Labute approximate surface area is 112 Å². The van der Waals surface area contributed by atoms with Crippen LogP contribution < -0.4 is 5.73 Å². The van der Waals surface area contributed by atoms with Gasteiger partial charge in [0, 0.05) is 6.04 Å². The van der Waals surface area contributed by atoms with Gasteiger partial charge in [0.05, 0.1) is 6.61 Å². The summed E-state index contributed by atoms with van der Waals surface area (Å²) in [5.74, 6) is 0. The summed E-state index contributed by atoms with van der Waals surface area (Å²) >= 11 is 0. The van der Waals surface area contributed by atoms with Crippen molar-refractivity contribution in [3.63, 3.8) is 0 Å². The predicted molar refractivity (Wildman–Crippen MR) is 68.2 cm³/mol. The van der Waals surface area contributed by atoms with Crippen LogP contribution in [0.25, 0.3) is 0 Å². The third-order valence-electron chi connectivity index (χ3n) is 3.07. The van der Waals surface area contributed by atoms with Gasteiger partial charge < -0.3 is 36.1 Å². The lowest BCUT2D eigenvalue weighted by molar-refractivity contribution is -0.136. The lowest BCUT2D eigenvalue weighted by atomic mass is 9.97. The maximum Gasteiger partial charge on any atom is 0.151 e. The van der Waals surface area contributed by atoms with Crippen LogP contribution in [0.2, 0.25) is 0 Å². The summed E-state index contributed by atoms with van der Waals surface area (Å²) in [7, 11) is 0. The predicted octanol–water partition coefficient (Wildman–Crippen LogP) is -2.10. The molecule has 0 saturated heterocycles. The lowest BCUT2D eigenvalue weighted by Gasteiger charge is -2.22. The van der Waals surface area contributed by atoms with Crippen molar-refractivity contribution in [2.24, 2.45) is 5.73 Å². The van der Waals surface area contributed by atoms with Crippen molar-refractivity contribution in [2.75, 3.05) is 6.61 Å². The van der Waals surface area contributed by atoms with Crippen molar-refractivity contribution in [3.8, 4) is 0 Å². The standard InChI is InChI=1S/C6H13N.C6H12O6/c7-6-4-2-1-3-5-6;7-1-3(9)5(11)6(12)4(10)2-8/h6H,1-5,7H2;1,3-6,8-12H,2H2/t;3-,4+,5+,6+/m.0/s1. The molecule has 0 aromatic heterocycles. The van der Waals surface area contributed by atoms with Crippen LogP contribution in [0.1, 0.15) is 32.1 Å². The van der Waals surface area contributed by atoms with Gasteiger partial charge in [0.2, 0.25) is 0 Å². The second kappa shape index (κ2) is 10.2. The molecule has 0 aromatic carbocycles. The third-order valence-corrected chi connectivity index (χ3v) is 3.07. The van der Waals surface area contributed by atoms with Gasteiger partial charge in [0.15, 0.2) is 6.29 Å². The first-order chi connectivity index (χ1) is 8.93. The zero-order chi connectivity index (χ0) is 14.8. The van der Waals surface area contributed by atoms with Crippen molar-refractivity contribution in [1.29, 1.82) is 0 Å². The van der Waals surface area contributed by atoms with E-state index in [1.54, 1.807) is 0 Å². The van der Waals surface area contributed by atoms with E-state index in [1.807, 2.05) is 0 Å². The van der Waals surface area contributed by atoms with E-state index in [4.69, 9.17) is 31.3 Å². The fourth-order valence-electron chi connectivity index (χ4n) is 1.75. The zero-order valence-corrected chi connectivity index (χ0v) is 10.9. The molecule has 1 fully saturated rings. The normalized spacial score (nSPS) is 22.6. The SMILES string of the molecule is NC1CCCCC1.O=C[C@H](O)[C@@H](O)[C@H](O)[C@H](O)CO. The Balaban J connectivity index is 0.000000388. The minimum atomic E-state index is -1.79. The fourth-order valence-corrected chi connectivity index (χ4v) is 1.75. The second-order valence-corrected chi connectivity index (χ2v) is 4.76. The molecule has 0 unspecified atom stereocenters. The highest BCUT2D eigenvalue weighted by atomic mass is 16.4. The molecule has 1 saturated carbocycles. The summed E-state index contributed by atoms with van der Waals surface area (Å²) in [6.07, 6.45) is -0.177. The minimum Gasteiger partial charge on any atom is -0.394 e. The quantitative estimate of drug-likeness (QED) is 0.316. The van der Waals surface area contributed by atoms with Gasteiger partial charge in [-0.2, -0.15) is 0 Å². The summed E-state index contributed by atoms with van der Waals surface area (Å²) in [5, 5.41) is 43.5. The van der Waals surface area contributed by atoms with Crippen molar-refractivity contribution in [1.82, 2.24) is 0 Å². The molecule has 0 amide bonds. The largest absolute Gasteiger partial charge is 0.394 e. The van der Waals surface area contributed by atoms with Gasteiger partial charge in [-0.1, -0.05) is 19.3 Å². The number of hydrogen-bond donors (Lipinski definition) is 6. The van der Waals surface area contributed by atoms with Gasteiger partial charge in [-0.15, -0.1) is 0 Å². The number of hydrogen-bond acceptors (Lipinski definition) is 7. The van der Waals surface area contributed by atoms with Crippen molar-refractivity contribution < 1.29 is 30.3 Å². The lowest BCUT2D eigenvalue weighted by Crippen LogP contribution is -2.46. The van der Waals surface area contributed by atoms with E-state index in [2.05, 4.69) is 0 Å². The number of rotatable bonds is 5. The Morgan fingerprint density at radius 3 is 1.89 bits per heavy atom. The first kappa shape index (κ1) is 18.4. The molecule has 0 aromatic rings. The van der Waals surface area contributed by atoms with E-state index in [0.717, 1.165) is 0 Å². The Kier molecular flexibility index (Phi) is 9.94. The summed E-state index contributed by atoms with van der Waals surface area (Å²) in [5.41, 5.74) is 5.63. The molecule has 7 heteroatoms. The average molecular weight is 279 g/mol. The van der Waals surface area contributed by atoms with Gasteiger partial charge in [0.1, 0.15) is 24.4 Å². The van der Waals surface area contributed by atoms with E-state index >= 15 is 0 Å². The Morgan fingerprint density at radius 2 is 1.58 bits per heavy atom. The first-order valence-corrected chi connectivity index (χ1v) is 6.48. The highest BCUT2D eigenvalue weighted by molar-refractivity contribution is 5.56. The maximum atomic E-state index is 9.90. The van der Waals surface area contributed by atoms with Crippen LogP contribution in [-0.2, 0) is 4.79 Å². The highest BCUT2D eigenvalue weighted by Crippen LogP contribution is 2.14. The zero-order valence-electron chi connectivity index (χ0n) is 10.9. The molecule has 114 valence electrons. The summed E-state index contributed by atoms with van der Waals surface area (Å²) in [6.45, 7) is -0.760. The molecule has 1 rings (SSSR count). The van der Waals surface area contributed by atoms with Crippen molar-refractivity contribution >= 4 is 6.29 Å². The Morgan fingerprint density at radius 1 is 1.05 bits per heavy atom. The van der Waals surface area contributed by atoms with E-state index in [0.29, 0.717) is 6.04 Å². The number of nitrogens with two attached hydrogens (primary N) is 1. The van der Waals surface area contributed by atoms with E-state index in [-0.39, 0.29) is 6.29 Å². The number of carbonyl (C=O) groups is 1. The Bertz CT molecular complexity index is 234. The van der Waals surface area contributed by atoms with Crippen LogP contribution in [0.5, 0.6) is 0 Å². The van der Waals surface area contributed by atoms with Crippen LogP contribution in [0.3, 0.4) is 0 Å². The van der Waals surface area contributed by atoms with Crippen LogP contribution in [0.4, 0.5) is 0 Å². The monoisotopic (exact) mass is 279 g/mol.